The lowest BCUT2D eigenvalue weighted by Gasteiger charge is -2.04. The highest BCUT2D eigenvalue weighted by molar-refractivity contribution is 9.10. The number of nitrogens with zero attached hydrogens (tertiary/aromatic N) is 2. The number of pyridine rings is 1. The van der Waals surface area contributed by atoms with E-state index in [4.69, 9.17) is 10.5 Å². The van der Waals surface area contributed by atoms with Gasteiger partial charge in [-0.2, -0.15) is 0 Å². The summed E-state index contributed by atoms with van der Waals surface area (Å²) >= 11 is 3.45. The van der Waals surface area contributed by atoms with Crippen molar-refractivity contribution in [2.45, 2.75) is 0 Å². The summed E-state index contributed by atoms with van der Waals surface area (Å²) in [5, 5.41) is 12.0. The van der Waals surface area contributed by atoms with Gasteiger partial charge in [-0.25, -0.2) is 0 Å². The topological polar surface area (TPSA) is 58.3 Å². The van der Waals surface area contributed by atoms with Gasteiger partial charge in [0.1, 0.15) is 0 Å². The number of benzene rings is 1. The molecule has 0 unspecified atom stereocenters. The highest BCUT2D eigenvalue weighted by atomic mass is 79.9. The van der Waals surface area contributed by atoms with E-state index >= 15 is 0 Å². The standard InChI is InChI=1S/C13H9BrN2.H2O2/c14-10-8-13-12(15-9-10)6-7-16(13)11-4-2-1-3-5-11;1-2/h1-9H;1-2H. The second kappa shape index (κ2) is 5.77. The van der Waals surface area contributed by atoms with Gasteiger partial charge in [-0.15, -0.1) is 0 Å². The van der Waals surface area contributed by atoms with E-state index in [1.54, 1.807) is 0 Å². The number of hydrogen-bond donors (Lipinski definition) is 2. The van der Waals surface area contributed by atoms with Crippen LogP contribution in [0.3, 0.4) is 0 Å². The number of para-hydroxylation sites is 1. The first kappa shape index (κ1) is 12.8. The smallest absolute Gasteiger partial charge is 0.0885 e. The van der Waals surface area contributed by atoms with Crippen LogP contribution in [0.15, 0.2) is 59.3 Å². The molecule has 0 spiro atoms. The molecule has 0 radical (unpaired) electrons. The second-order valence-corrected chi connectivity index (χ2v) is 4.49. The minimum Gasteiger partial charge on any atom is -0.315 e. The molecule has 4 nitrogen and oxygen atoms in total. The molecule has 3 aromatic rings. The van der Waals surface area contributed by atoms with Crippen molar-refractivity contribution in [3.8, 4) is 5.69 Å². The molecule has 2 heterocycles. The van der Waals surface area contributed by atoms with Gasteiger partial charge in [0, 0.05) is 22.6 Å². The van der Waals surface area contributed by atoms with E-state index in [2.05, 4.69) is 43.7 Å². The summed E-state index contributed by atoms with van der Waals surface area (Å²) in [6.45, 7) is 0. The Hall–Kier alpha value is -1.69. The molecular formula is C13H11BrN2O2. The van der Waals surface area contributed by atoms with Gasteiger partial charge in [-0.1, -0.05) is 18.2 Å². The number of fused-ring (bicyclic) bond motifs is 1. The third kappa shape index (κ3) is 2.43. The SMILES string of the molecule is Brc1cnc2ccn(-c3ccccc3)c2c1.OO. The van der Waals surface area contributed by atoms with Gasteiger partial charge in [0.2, 0.25) is 0 Å². The van der Waals surface area contributed by atoms with Gasteiger partial charge in [-0.3, -0.25) is 15.5 Å². The zero-order valence-electron chi connectivity index (χ0n) is 9.36. The van der Waals surface area contributed by atoms with E-state index in [1.165, 1.54) is 0 Å². The van der Waals surface area contributed by atoms with Crippen LogP contribution in [0.5, 0.6) is 0 Å². The second-order valence-electron chi connectivity index (χ2n) is 3.58. The molecule has 1 aromatic carbocycles. The fourth-order valence-corrected chi connectivity index (χ4v) is 2.12. The molecule has 0 bridgehead atoms. The Kier molecular flexibility index (Phi) is 4.09. The van der Waals surface area contributed by atoms with Gasteiger partial charge in [0.15, 0.2) is 0 Å². The number of rotatable bonds is 1. The summed E-state index contributed by atoms with van der Waals surface area (Å²) in [4.78, 5) is 4.36. The maximum Gasteiger partial charge on any atom is 0.0885 e. The van der Waals surface area contributed by atoms with Gasteiger partial charge in [-0.05, 0) is 40.2 Å². The summed E-state index contributed by atoms with van der Waals surface area (Å²) in [7, 11) is 0. The number of aromatic nitrogens is 2. The van der Waals surface area contributed by atoms with E-state index in [0.29, 0.717) is 0 Å². The Bertz CT molecular complexity index is 638. The molecule has 2 N–H and O–H groups in total. The first-order valence-electron chi connectivity index (χ1n) is 5.22. The Labute approximate surface area is 112 Å². The summed E-state index contributed by atoms with van der Waals surface area (Å²) in [5.41, 5.74) is 3.27. The van der Waals surface area contributed by atoms with Crippen LogP contribution in [0.2, 0.25) is 0 Å². The zero-order valence-corrected chi connectivity index (χ0v) is 10.9. The lowest BCUT2D eigenvalue weighted by atomic mass is 10.3. The highest BCUT2D eigenvalue weighted by Crippen LogP contribution is 2.21. The Morgan fingerprint density at radius 2 is 1.78 bits per heavy atom. The van der Waals surface area contributed by atoms with Crippen LogP contribution in [0.1, 0.15) is 0 Å². The quantitative estimate of drug-likeness (QED) is 0.531. The summed E-state index contributed by atoms with van der Waals surface area (Å²) < 4.78 is 3.13. The van der Waals surface area contributed by atoms with Crippen LogP contribution in [-0.2, 0) is 0 Å². The van der Waals surface area contributed by atoms with Crippen LogP contribution in [0.25, 0.3) is 16.7 Å². The molecule has 0 amide bonds. The van der Waals surface area contributed by atoms with Crippen molar-refractivity contribution in [3.63, 3.8) is 0 Å². The Balaban J connectivity index is 0.000000574. The number of hydrogen-bond acceptors (Lipinski definition) is 3. The summed E-state index contributed by atoms with van der Waals surface area (Å²) in [6, 6.07) is 14.4. The summed E-state index contributed by atoms with van der Waals surface area (Å²) in [5.74, 6) is 0. The molecule has 5 heteroatoms. The van der Waals surface area contributed by atoms with Crippen molar-refractivity contribution < 1.29 is 10.5 Å². The Morgan fingerprint density at radius 1 is 1.06 bits per heavy atom. The largest absolute Gasteiger partial charge is 0.315 e. The molecule has 18 heavy (non-hydrogen) atoms. The van der Waals surface area contributed by atoms with Crippen molar-refractivity contribution in [1.29, 1.82) is 0 Å². The van der Waals surface area contributed by atoms with Crippen LogP contribution in [-0.4, -0.2) is 20.1 Å². The van der Waals surface area contributed by atoms with E-state index in [9.17, 15) is 0 Å². The normalized spacial score (nSPS) is 9.94. The maximum absolute atomic E-state index is 6.00. The third-order valence-corrected chi connectivity index (χ3v) is 2.97. The zero-order chi connectivity index (χ0) is 13.0. The van der Waals surface area contributed by atoms with E-state index in [-0.39, 0.29) is 0 Å². The van der Waals surface area contributed by atoms with Crippen LogP contribution in [0, 0.1) is 0 Å². The molecule has 2 aromatic heterocycles. The van der Waals surface area contributed by atoms with Crippen molar-refractivity contribution in [2.75, 3.05) is 0 Å². The van der Waals surface area contributed by atoms with Gasteiger partial charge < -0.3 is 4.57 Å². The van der Waals surface area contributed by atoms with E-state index < -0.39 is 0 Å². The van der Waals surface area contributed by atoms with Crippen LogP contribution < -0.4 is 0 Å². The minimum atomic E-state index is 0.996. The van der Waals surface area contributed by atoms with Crippen molar-refractivity contribution in [1.82, 2.24) is 9.55 Å². The third-order valence-electron chi connectivity index (χ3n) is 2.54. The molecule has 0 aliphatic carbocycles. The van der Waals surface area contributed by atoms with Crippen molar-refractivity contribution in [3.05, 3.63) is 59.3 Å². The van der Waals surface area contributed by atoms with Gasteiger partial charge in [0.05, 0.1) is 11.0 Å². The average Bonchev–Trinajstić information content (AvgIpc) is 2.85. The molecule has 0 aliphatic heterocycles. The molecule has 0 atom stereocenters. The molecule has 0 saturated heterocycles. The number of halogens is 1. The monoisotopic (exact) mass is 306 g/mol. The molecule has 0 fully saturated rings. The predicted molar refractivity (Wildman–Crippen MR) is 74.0 cm³/mol. The molecular weight excluding hydrogens is 296 g/mol. The van der Waals surface area contributed by atoms with Crippen molar-refractivity contribution >= 4 is 27.0 Å². The van der Waals surface area contributed by atoms with E-state index in [0.717, 1.165) is 21.2 Å². The lowest BCUT2D eigenvalue weighted by molar-refractivity contribution is -0.176. The van der Waals surface area contributed by atoms with E-state index in [1.807, 2.05) is 36.7 Å². The first-order chi connectivity index (χ1) is 8.84. The highest BCUT2D eigenvalue weighted by Gasteiger charge is 2.03. The van der Waals surface area contributed by atoms with Gasteiger partial charge in [0.25, 0.3) is 0 Å². The summed E-state index contributed by atoms with van der Waals surface area (Å²) in [6.07, 6.45) is 3.86. The maximum atomic E-state index is 6.00. The molecule has 92 valence electrons. The molecule has 3 rings (SSSR count). The molecule has 0 aliphatic rings. The fourth-order valence-electron chi connectivity index (χ4n) is 1.80. The molecule has 0 saturated carbocycles. The van der Waals surface area contributed by atoms with Crippen LogP contribution in [0.4, 0.5) is 0 Å². The average molecular weight is 307 g/mol. The Morgan fingerprint density at radius 3 is 2.50 bits per heavy atom. The first-order valence-corrected chi connectivity index (χ1v) is 6.02. The lowest BCUT2D eigenvalue weighted by Crippen LogP contribution is -1.91. The van der Waals surface area contributed by atoms with Gasteiger partial charge >= 0.3 is 0 Å². The van der Waals surface area contributed by atoms with Crippen molar-refractivity contribution in [2.24, 2.45) is 0 Å². The fraction of sp³-hybridized carbons (Fsp3) is 0. The minimum absolute atomic E-state index is 0.996. The predicted octanol–water partition coefficient (Wildman–Crippen LogP) is 3.81. The van der Waals surface area contributed by atoms with Crippen LogP contribution >= 0.6 is 15.9 Å².